The van der Waals surface area contributed by atoms with E-state index in [0.717, 1.165) is 30.3 Å². The van der Waals surface area contributed by atoms with E-state index in [2.05, 4.69) is 19.1 Å². The summed E-state index contributed by atoms with van der Waals surface area (Å²) in [6.07, 6.45) is 2.65. The predicted molar refractivity (Wildman–Crippen MR) is 75.4 cm³/mol. The molecular formula is C16H15ClO. The number of benzene rings is 2. The minimum atomic E-state index is 0.681. The lowest BCUT2D eigenvalue weighted by Crippen LogP contribution is -1.97. The van der Waals surface area contributed by atoms with Crippen LogP contribution in [0.1, 0.15) is 27.0 Å². The molecule has 0 aromatic heterocycles. The van der Waals surface area contributed by atoms with Gasteiger partial charge in [-0.3, -0.25) is 4.79 Å². The van der Waals surface area contributed by atoms with E-state index in [9.17, 15) is 4.79 Å². The first-order chi connectivity index (χ1) is 8.70. The summed E-state index contributed by atoms with van der Waals surface area (Å²) in [5, 5.41) is 0.681. The van der Waals surface area contributed by atoms with Gasteiger partial charge in [0, 0.05) is 10.6 Å². The van der Waals surface area contributed by atoms with E-state index in [1.807, 2.05) is 18.2 Å². The van der Waals surface area contributed by atoms with Crippen LogP contribution in [0, 0.1) is 6.92 Å². The summed E-state index contributed by atoms with van der Waals surface area (Å²) in [6.45, 7) is 2.11. The topological polar surface area (TPSA) is 17.1 Å². The molecule has 1 nitrogen and oxygen atoms in total. The second kappa shape index (κ2) is 5.83. The summed E-state index contributed by atoms with van der Waals surface area (Å²) < 4.78 is 0. The van der Waals surface area contributed by atoms with E-state index in [0.29, 0.717) is 5.02 Å². The Morgan fingerprint density at radius 1 is 1.06 bits per heavy atom. The van der Waals surface area contributed by atoms with Gasteiger partial charge in [-0.25, -0.2) is 0 Å². The van der Waals surface area contributed by atoms with Crippen LogP contribution in [0.2, 0.25) is 5.02 Å². The zero-order valence-electron chi connectivity index (χ0n) is 10.3. The number of hydrogen-bond acceptors (Lipinski definition) is 1. The van der Waals surface area contributed by atoms with E-state index in [-0.39, 0.29) is 0 Å². The molecule has 0 fully saturated rings. The van der Waals surface area contributed by atoms with Crippen molar-refractivity contribution in [1.82, 2.24) is 0 Å². The van der Waals surface area contributed by atoms with Gasteiger partial charge in [0.05, 0.1) is 0 Å². The highest BCUT2D eigenvalue weighted by Gasteiger charge is 2.04. The van der Waals surface area contributed by atoms with Gasteiger partial charge in [-0.15, -0.1) is 0 Å². The first-order valence-electron chi connectivity index (χ1n) is 5.99. The highest BCUT2D eigenvalue weighted by atomic mass is 35.5. The summed E-state index contributed by atoms with van der Waals surface area (Å²) in [4.78, 5) is 11.0. The van der Waals surface area contributed by atoms with E-state index in [1.165, 1.54) is 11.1 Å². The lowest BCUT2D eigenvalue weighted by Gasteiger charge is -2.08. The summed E-state index contributed by atoms with van der Waals surface area (Å²) in [5.74, 6) is 0. The molecule has 2 aromatic rings. The van der Waals surface area contributed by atoms with Gasteiger partial charge >= 0.3 is 0 Å². The Morgan fingerprint density at radius 3 is 2.50 bits per heavy atom. The fourth-order valence-corrected chi connectivity index (χ4v) is 2.26. The van der Waals surface area contributed by atoms with E-state index >= 15 is 0 Å². The molecule has 0 aliphatic rings. The summed E-state index contributed by atoms with van der Waals surface area (Å²) in [7, 11) is 0. The first kappa shape index (κ1) is 12.8. The smallest absolute Gasteiger partial charge is 0.150 e. The maximum atomic E-state index is 11.0. The Morgan fingerprint density at radius 2 is 1.78 bits per heavy atom. The molecule has 0 saturated carbocycles. The summed E-state index contributed by atoms with van der Waals surface area (Å²) >= 11 is 5.97. The number of halogens is 1. The van der Waals surface area contributed by atoms with Gasteiger partial charge in [0.2, 0.25) is 0 Å². The van der Waals surface area contributed by atoms with Crippen LogP contribution in [0.3, 0.4) is 0 Å². The molecule has 92 valence electrons. The number of hydrogen-bond donors (Lipinski definition) is 0. The lowest BCUT2D eigenvalue weighted by atomic mass is 9.98. The Kier molecular flexibility index (Phi) is 4.16. The van der Waals surface area contributed by atoms with Crippen LogP contribution in [-0.4, -0.2) is 6.29 Å². The largest absolute Gasteiger partial charge is 0.298 e. The second-order valence-corrected chi connectivity index (χ2v) is 4.82. The second-order valence-electron chi connectivity index (χ2n) is 4.39. The van der Waals surface area contributed by atoms with Crippen molar-refractivity contribution in [3.63, 3.8) is 0 Å². The lowest BCUT2D eigenvalue weighted by molar-refractivity contribution is 0.112. The normalized spacial score (nSPS) is 10.3. The van der Waals surface area contributed by atoms with Crippen molar-refractivity contribution < 1.29 is 4.79 Å². The van der Waals surface area contributed by atoms with Gasteiger partial charge in [-0.1, -0.05) is 35.9 Å². The number of carbonyl (C=O) groups excluding carboxylic acids is 1. The van der Waals surface area contributed by atoms with Crippen molar-refractivity contribution in [3.8, 4) is 0 Å². The highest BCUT2D eigenvalue weighted by Crippen LogP contribution is 2.18. The van der Waals surface area contributed by atoms with Gasteiger partial charge in [0.25, 0.3) is 0 Å². The van der Waals surface area contributed by atoms with Gasteiger partial charge in [-0.05, 0) is 54.7 Å². The fourth-order valence-electron chi connectivity index (χ4n) is 2.07. The predicted octanol–water partition coefficient (Wildman–Crippen LogP) is 4.25. The molecule has 2 heteroatoms. The summed E-state index contributed by atoms with van der Waals surface area (Å²) in [5.41, 5.74) is 4.34. The average molecular weight is 259 g/mol. The van der Waals surface area contributed by atoms with Crippen molar-refractivity contribution in [2.24, 2.45) is 0 Å². The Bertz CT molecular complexity index is 561. The number of carbonyl (C=O) groups is 1. The third kappa shape index (κ3) is 2.99. The average Bonchev–Trinajstić information content (AvgIpc) is 2.38. The molecular weight excluding hydrogens is 244 g/mol. The van der Waals surface area contributed by atoms with Crippen LogP contribution in [0.15, 0.2) is 42.5 Å². The van der Waals surface area contributed by atoms with Crippen molar-refractivity contribution >= 4 is 17.9 Å². The van der Waals surface area contributed by atoms with Crippen molar-refractivity contribution in [1.29, 1.82) is 0 Å². The van der Waals surface area contributed by atoms with Crippen molar-refractivity contribution in [2.45, 2.75) is 19.8 Å². The molecule has 18 heavy (non-hydrogen) atoms. The quantitative estimate of drug-likeness (QED) is 0.750. The van der Waals surface area contributed by atoms with Gasteiger partial charge in [0.1, 0.15) is 6.29 Å². The zero-order chi connectivity index (χ0) is 13.0. The Hall–Kier alpha value is -1.60. The number of aryl methyl sites for hydroxylation is 3. The first-order valence-corrected chi connectivity index (χ1v) is 6.36. The standard InChI is InChI=1S/C16H15ClO/c1-12-4-2-3-5-13(12)6-7-14-10-16(17)9-8-15(14)11-18/h2-5,8-11H,6-7H2,1H3. The molecule has 0 heterocycles. The molecule has 0 aliphatic carbocycles. The molecule has 0 unspecified atom stereocenters. The third-order valence-electron chi connectivity index (χ3n) is 3.16. The van der Waals surface area contributed by atoms with Crippen LogP contribution >= 0.6 is 11.6 Å². The van der Waals surface area contributed by atoms with Crippen LogP contribution in [0.4, 0.5) is 0 Å². The number of aldehydes is 1. The van der Waals surface area contributed by atoms with Gasteiger partial charge < -0.3 is 0 Å². The monoisotopic (exact) mass is 258 g/mol. The molecule has 0 amide bonds. The van der Waals surface area contributed by atoms with E-state index < -0.39 is 0 Å². The van der Waals surface area contributed by atoms with Crippen LogP contribution in [-0.2, 0) is 12.8 Å². The minimum Gasteiger partial charge on any atom is -0.298 e. The van der Waals surface area contributed by atoms with Gasteiger partial charge in [-0.2, -0.15) is 0 Å². The molecule has 0 N–H and O–H groups in total. The molecule has 0 radical (unpaired) electrons. The van der Waals surface area contributed by atoms with Gasteiger partial charge in [0.15, 0.2) is 0 Å². The molecule has 0 bridgehead atoms. The van der Waals surface area contributed by atoms with Crippen LogP contribution in [0.5, 0.6) is 0 Å². The van der Waals surface area contributed by atoms with Crippen molar-refractivity contribution in [2.75, 3.05) is 0 Å². The molecule has 2 aromatic carbocycles. The third-order valence-corrected chi connectivity index (χ3v) is 3.39. The summed E-state index contributed by atoms with van der Waals surface area (Å²) in [6, 6.07) is 13.7. The fraction of sp³-hybridized carbons (Fsp3) is 0.188. The van der Waals surface area contributed by atoms with E-state index in [1.54, 1.807) is 12.1 Å². The molecule has 0 aliphatic heterocycles. The molecule has 0 atom stereocenters. The van der Waals surface area contributed by atoms with Crippen molar-refractivity contribution in [3.05, 3.63) is 69.7 Å². The SMILES string of the molecule is Cc1ccccc1CCc1cc(Cl)ccc1C=O. The van der Waals surface area contributed by atoms with Crippen LogP contribution < -0.4 is 0 Å². The molecule has 0 spiro atoms. The Labute approximate surface area is 112 Å². The Balaban J connectivity index is 2.18. The van der Waals surface area contributed by atoms with E-state index in [4.69, 9.17) is 11.6 Å². The molecule has 2 rings (SSSR count). The maximum absolute atomic E-state index is 11.0. The number of rotatable bonds is 4. The minimum absolute atomic E-state index is 0.681. The molecule has 0 saturated heterocycles. The van der Waals surface area contributed by atoms with Crippen LogP contribution in [0.25, 0.3) is 0 Å². The zero-order valence-corrected chi connectivity index (χ0v) is 11.1. The highest BCUT2D eigenvalue weighted by molar-refractivity contribution is 6.30. The maximum Gasteiger partial charge on any atom is 0.150 e.